The molecule has 0 bridgehead atoms. The Balaban J connectivity index is 1.81. The highest BCUT2D eigenvalue weighted by Gasteiger charge is 2.29. The van der Waals surface area contributed by atoms with Crippen molar-refractivity contribution in [1.29, 1.82) is 0 Å². The van der Waals surface area contributed by atoms with Crippen molar-refractivity contribution in [2.75, 3.05) is 19.7 Å². The number of ether oxygens (including phenoxy) is 2. The minimum absolute atomic E-state index is 0.147. The van der Waals surface area contributed by atoms with Gasteiger partial charge < -0.3 is 20.1 Å². The summed E-state index contributed by atoms with van der Waals surface area (Å²) in [7, 11) is 0. The van der Waals surface area contributed by atoms with Gasteiger partial charge in [0.05, 0.1) is 18.7 Å². The fourth-order valence-electron chi connectivity index (χ4n) is 2.52. The van der Waals surface area contributed by atoms with Gasteiger partial charge in [0, 0.05) is 6.54 Å². The van der Waals surface area contributed by atoms with Crippen molar-refractivity contribution >= 4 is 11.8 Å². The topological polar surface area (TPSA) is 81.9 Å². The number of carbonyl (C=O) groups is 2. The summed E-state index contributed by atoms with van der Waals surface area (Å²) in [5, 5.41) is 0. The first-order valence-electron chi connectivity index (χ1n) is 7.67. The van der Waals surface area contributed by atoms with Crippen LogP contribution in [-0.2, 0) is 9.53 Å². The Morgan fingerprint density at radius 1 is 1.08 bits per heavy atom. The normalized spacial score (nSPS) is 17.3. The number of rotatable bonds is 4. The smallest absolute Gasteiger partial charge is 0.257 e. The van der Waals surface area contributed by atoms with Gasteiger partial charge in [-0.25, -0.2) is 0 Å². The van der Waals surface area contributed by atoms with Gasteiger partial charge in [0.1, 0.15) is 11.5 Å². The molecule has 1 saturated heterocycles. The summed E-state index contributed by atoms with van der Waals surface area (Å²) in [6.07, 6.45) is -0.773. The van der Waals surface area contributed by atoms with Crippen LogP contribution >= 0.6 is 0 Å². The summed E-state index contributed by atoms with van der Waals surface area (Å²) in [4.78, 5) is 25.7. The van der Waals surface area contributed by atoms with Crippen LogP contribution in [0.4, 0.5) is 0 Å². The summed E-state index contributed by atoms with van der Waals surface area (Å²) in [5.74, 6) is 0.336. The van der Waals surface area contributed by atoms with Crippen LogP contribution in [0.2, 0.25) is 0 Å². The van der Waals surface area contributed by atoms with Gasteiger partial charge in [-0.3, -0.25) is 9.59 Å². The third kappa shape index (κ3) is 3.55. The number of carbonyl (C=O) groups excluding carboxylic acids is 2. The quantitative estimate of drug-likeness (QED) is 0.929. The molecule has 1 unspecified atom stereocenters. The zero-order valence-corrected chi connectivity index (χ0v) is 13.1. The summed E-state index contributed by atoms with van der Waals surface area (Å²) in [6.45, 7) is 0.831. The maximum Gasteiger partial charge on any atom is 0.257 e. The molecular formula is C18H18N2O4. The fourth-order valence-corrected chi connectivity index (χ4v) is 2.52. The van der Waals surface area contributed by atoms with E-state index in [9.17, 15) is 9.59 Å². The van der Waals surface area contributed by atoms with Gasteiger partial charge in [-0.05, 0) is 24.3 Å². The van der Waals surface area contributed by atoms with Crippen LogP contribution in [0.15, 0.2) is 54.6 Å². The molecule has 2 aromatic rings. The van der Waals surface area contributed by atoms with Crippen molar-refractivity contribution in [3.63, 3.8) is 0 Å². The molecule has 124 valence electrons. The molecule has 3 rings (SSSR count). The number of para-hydroxylation sites is 2. The molecule has 2 amide bonds. The van der Waals surface area contributed by atoms with E-state index in [1.54, 1.807) is 29.2 Å². The van der Waals surface area contributed by atoms with E-state index in [-0.39, 0.29) is 19.1 Å². The number of benzene rings is 2. The standard InChI is InChI=1S/C18H18N2O4/c19-17(21)16-12-20(10-11-23-16)18(22)14-8-4-5-9-15(14)24-13-6-2-1-3-7-13/h1-9,16H,10-12H2,(H2,19,21). The SMILES string of the molecule is NC(=O)C1CN(C(=O)c2ccccc2Oc2ccccc2)CCO1. The summed E-state index contributed by atoms with van der Waals surface area (Å²) in [6, 6.07) is 16.3. The van der Waals surface area contributed by atoms with E-state index in [1.807, 2.05) is 30.3 Å². The molecule has 0 aliphatic carbocycles. The fraction of sp³-hybridized carbons (Fsp3) is 0.222. The van der Waals surface area contributed by atoms with Gasteiger partial charge in [-0.2, -0.15) is 0 Å². The van der Waals surface area contributed by atoms with Crippen LogP contribution in [-0.4, -0.2) is 42.5 Å². The Kier molecular flexibility index (Phi) is 4.77. The van der Waals surface area contributed by atoms with E-state index in [0.29, 0.717) is 23.6 Å². The van der Waals surface area contributed by atoms with Crippen molar-refractivity contribution in [2.24, 2.45) is 5.73 Å². The molecule has 0 radical (unpaired) electrons. The molecule has 1 fully saturated rings. The Hall–Kier alpha value is -2.86. The van der Waals surface area contributed by atoms with E-state index in [1.165, 1.54) is 0 Å². The molecule has 6 heteroatoms. The third-order valence-electron chi connectivity index (χ3n) is 3.76. The lowest BCUT2D eigenvalue weighted by atomic mass is 10.1. The molecule has 24 heavy (non-hydrogen) atoms. The number of morpholine rings is 1. The highest BCUT2D eigenvalue weighted by atomic mass is 16.5. The van der Waals surface area contributed by atoms with Gasteiger partial charge in [0.2, 0.25) is 5.91 Å². The predicted octanol–water partition coefficient (Wildman–Crippen LogP) is 1.81. The van der Waals surface area contributed by atoms with Crippen LogP contribution in [0, 0.1) is 0 Å². The first kappa shape index (κ1) is 16.0. The van der Waals surface area contributed by atoms with Crippen LogP contribution in [0.3, 0.4) is 0 Å². The Morgan fingerprint density at radius 3 is 2.54 bits per heavy atom. The molecule has 2 N–H and O–H groups in total. The molecule has 1 aliphatic heterocycles. The van der Waals surface area contributed by atoms with E-state index in [0.717, 1.165) is 0 Å². The zero-order chi connectivity index (χ0) is 16.9. The number of nitrogens with two attached hydrogens (primary N) is 1. The van der Waals surface area contributed by atoms with E-state index >= 15 is 0 Å². The average molecular weight is 326 g/mol. The van der Waals surface area contributed by atoms with Gasteiger partial charge in [0.25, 0.3) is 5.91 Å². The summed E-state index contributed by atoms with van der Waals surface area (Å²) < 4.78 is 11.1. The monoisotopic (exact) mass is 326 g/mol. The lowest BCUT2D eigenvalue weighted by molar-refractivity contribution is -0.133. The highest BCUT2D eigenvalue weighted by molar-refractivity contribution is 5.97. The molecule has 0 aromatic heterocycles. The Labute approximate surface area is 139 Å². The zero-order valence-electron chi connectivity index (χ0n) is 13.1. The predicted molar refractivity (Wildman–Crippen MR) is 87.8 cm³/mol. The van der Waals surface area contributed by atoms with E-state index in [4.69, 9.17) is 15.2 Å². The van der Waals surface area contributed by atoms with Crippen LogP contribution in [0.25, 0.3) is 0 Å². The Bertz CT molecular complexity index is 733. The largest absolute Gasteiger partial charge is 0.457 e. The lowest BCUT2D eigenvalue weighted by Crippen LogP contribution is -2.50. The number of primary amides is 1. The van der Waals surface area contributed by atoms with Crippen molar-refractivity contribution < 1.29 is 19.1 Å². The summed E-state index contributed by atoms with van der Waals surface area (Å²) >= 11 is 0. The molecule has 1 atom stereocenters. The molecular weight excluding hydrogens is 308 g/mol. The molecule has 6 nitrogen and oxygen atoms in total. The third-order valence-corrected chi connectivity index (χ3v) is 3.76. The second kappa shape index (κ2) is 7.14. The van der Waals surface area contributed by atoms with E-state index < -0.39 is 12.0 Å². The number of nitrogens with zero attached hydrogens (tertiary/aromatic N) is 1. The van der Waals surface area contributed by atoms with E-state index in [2.05, 4.69) is 0 Å². The van der Waals surface area contributed by atoms with Crippen molar-refractivity contribution in [1.82, 2.24) is 4.90 Å². The van der Waals surface area contributed by atoms with Gasteiger partial charge in [-0.1, -0.05) is 30.3 Å². The first-order chi connectivity index (χ1) is 11.6. The molecule has 0 saturated carbocycles. The minimum atomic E-state index is -0.773. The Morgan fingerprint density at radius 2 is 1.79 bits per heavy atom. The number of amides is 2. The summed E-state index contributed by atoms with van der Waals surface area (Å²) in [5.41, 5.74) is 5.71. The van der Waals surface area contributed by atoms with Crippen molar-refractivity contribution in [3.8, 4) is 11.5 Å². The molecule has 1 heterocycles. The second-order valence-electron chi connectivity index (χ2n) is 5.42. The minimum Gasteiger partial charge on any atom is -0.457 e. The highest BCUT2D eigenvalue weighted by Crippen LogP contribution is 2.26. The van der Waals surface area contributed by atoms with Crippen LogP contribution in [0.5, 0.6) is 11.5 Å². The van der Waals surface area contributed by atoms with Crippen molar-refractivity contribution in [3.05, 3.63) is 60.2 Å². The average Bonchev–Trinajstić information content (AvgIpc) is 2.62. The van der Waals surface area contributed by atoms with Crippen LogP contribution in [0.1, 0.15) is 10.4 Å². The molecule has 2 aromatic carbocycles. The van der Waals surface area contributed by atoms with Crippen LogP contribution < -0.4 is 10.5 Å². The van der Waals surface area contributed by atoms with Crippen molar-refractivity contribution in [2.45, 2.75) is 6.10 Å². The van der Waals surface area contributed by atoms with Gasteiger partial charge >= 0.3 is 0 Å². The molecule has 0 spiro atoms. The van der Waals surface area contributed by atoms with Gasteiger partial charge in [-0.15, -0.1) is 0 Å². The lowest BCUT2D eigenvalue weighted by Gasteiger charge is -2.31. The maximum atomic E-state index is 12.8. The first-order valence-corrected chi connectivity index (χ1v) is 7.67. The van der Waals surface area contributed by atoms with Gasteiger partial charge in [0.15, 0.2) is 6.10 Å². The second-order valence-corrected chi connectivity index (χ2v) is 5.42. The maximum absolute atomic E-state index is 12.8. The molecule has 1 aliphatic rings. The number of hydrogen-bond donors (Lipinski definition) is 1. The number of hydrogen-bond acceptors (Lipinski definition) is 4.